The van der Waals surface area contributed by atoms with Crippen LogP contribution in [-0.2, 0) is 6.54 Å². The van der Waals surface area contributed by atoms with E-state index in [1.807, 2.05) is 17.5 Å². The number of halogens is 1. The van der Waals surface area contributed by atoms with Crippen LogP contribution in [0.1, 0.15) is 4.88 Å². The third-order valence-electron chi connectivity index (χ3n) is 2.51. The lowest BCUT2D eigenvalue weighted by molar-refractivity contribution is 0.201. The number of anilines is 1. The highest BCUT2D eigenvalue weighted by atomic mass is 32.1. The normalized spacial score (nSPS) is 11.0. The fourth-order valence-electron chi connectivity index (χ4n) is 1.65. The summed E-state index contributed by atoms with van der Waals surface area (Å²) >= 11 is 3.67. The summed E-state index contributed by atoms with van der Waals surface area (Å²) in [4.78, 5) is 13.5. The number of carboxylic acid groups (broad SMARTS) is 1. The molecule has 0 aliphatic carbocycles. The first kappa shape index (κ1) is 12.5. The van der Waals surface area contributed by atoms with Crippen molar-refractivity contribution in [3.63, 3.8) is 0 Å². The molecule has 1 amide bonds. The lowest BCUT2D eigenvalue weighted by Gasteiger charge is -2.15. The molecule has 1 N–H and O–H groups in total. The highest BCUT2D eigenvalue weighted by molar-refractivity contribution is 7.23. The summed E-state index contributed by atoms with van der Waals surface area (Å²) in [5.41, 5.74) is 0.252. The molecule has 3 aromatic rings. The Morgan fingerprint density at radius 3 is 3.00 bits per heavy atom. The van der Waals surface area contributed by atoms with Crippen LogP contribution in [0.5, 0.6) is 0 Å². The Morgan fingerprint density at radius 1 is 1.47 bits per heavy atom. The number of fused-ring (bicyclic) bond motifs is 1. The Hall–Kier alpha value is -1.51. The Morgan fingerprint density at radius 2 is 2.32 bits per heavy atom. The Kier molecular flexibility index (Phi) is 3.21. The van der Waals surface area contributed by atoms with Gasteiger partial charge in [0.2, 0.25) is 0 Å². The largest absolute Gasteiger partial charge is 0.465 e. The summed E-state index contributed by atoms with van der Waals surface area (Å²) in [6, 6.07) is 3.74. The standard InChI is InChI=1S/C11H7FN2O2S3/c12-7-5-18-9-8(7)13-19-10(9)14(11(15)16)4-6-2-1-3-17-6/h1-3,5H,4H2,(H,15,16). The second-order valence-electron chi connectivity index (χ2n) is 3.70. The van der Waals surface area contributed by atoms with Crippen molar-refractivity contribution in [2.24, 2.45) is 0 Å². The van der Waals surface area contributed by atoms with Crippen LogP contribution in [0.2, 0.25) is 0 Å². The molecular weight excluding hydrogens is 307 g/mol. The minimum absolute atomic E-state index is 0.252. The van der Waals surface area contributed by atoms with Gasteiger partial charge in [0.25, 0.3) is 0 Å². The van der Waals surface area contributed by atoms with E-state index in [9.17, 15) is 14.3 Å². The summed E-state index contributed by atoms with van der Waals surface area (Å²) in [7, 11) is 0. The maximum Gasteiger partial charge on any atom is 0.412 e. The molecule has 3 aromatic heterocycles. The van der Waals surface area contributed by atoms with E-state index in [4.69, 9.17) is 0 Å². The SMILES string of the molecule is O=C(O)N(Cc1cccs1)c1snc2c(F)csc12. The van der Waals surface area contributed by atoms with Gasteiger partial charge in [-0.15, -0.1) is 22.7 Å². The first-order valence-corrected chi connectivity index (χ1v) is 7.75. The summed E-state index contributed by atoms with van der Waals surface area (Å²) in [5.74, 6) is -0.399. The van der Waals surface area contributed by atoms with Gasteiger partial charge < -0.3 is 5.11 Å². The van der Waals surface area contributed by atoms with E-state index in [-0.39, 0.29) is 12.1 Å². The van der Waals surface area contributed by atoms with Crippen LogP contribution in [0.4, 0.5) is 14.2 Å². The van der Waals surface area contributed by atoms with Crippen LogP contribution in [0.3, 0.4) is 0 Å². The van der Waals surface area contributed by atoms with Crippen molar-refractivity contribution < 1.29 is 14.3 Å². The van der Waals surface area contributed by atoms with E-state index in [2.05, 4.69) is 4.37 Å². The fourth-order valence-corrected chi connectivity index (χ4v) is 4.24. The monoisotopic (exact) mass is 314 g/mol. The molecule has 0 radical (unpaired) electrons. The molecule has 0 aliphatic rings. The first-order valence-electron chi connectivity index (χ1n) is 5.22. The molecule has 98 valence electrons. The van der Waals surface area contributed by atoms with Gasteiger partial charge >= 0.3 is 6.09 Å². The van der Waals surface area contributed by atoms with Gasteiger partial charge in [0, 0.05) is 10.3 Å². The van der Waals surface area contributed by atoms with Gasteiger partial charge in [-0.2, -0.15) is 4.37 Å². The summed E-state index contributed by atoms with van der Waals surface area (Å²) in [5, 5.41) is 13.0. The van der Waals surface area contributed by atoms with Gasteiger partial charge in [-0.1, -0.05) is 6.07 Å². The molecule has 0 bridgehead atoms. The topological polar surface area (TPSA) is 53.4 Å². The van der Waals surface area contributed by atoms with Crippen molar-refractivity contribution in [2.75, 3.05) is 4.90 Å². The predicted octanol–water partition coefficient (Wildman–Crippen LogP) is 4.24. The van der Waals surface area contributed by atoms with Gasteiger partial charge in [0.05, 0.1) is 11.2 Å². The molecule has 0 saturated heterocycles. The van der Waals surface area contributed by atoms with Crippen LogP contribution in [-0.4, -0.2) is 15.6 Å². The smallest absolute Gasteiger partial charge is 0.412 e. The molecule has 3 rings (SSSR count). The molecule has 0 fully saturated rings. The number of thiophene rings is 2. The van der Waals surface area contributed by atoms with E-state index >= 15 is 0 Å². The Bertz CT molecular complexity index is 720. The highest BCUT2D eigenvalue weighted by Gasteiger charge is 2.23. The van der Waals surface area contributed by atoms with E-state index in [1.54, 1.807) is 0 Å². The molecule has 0 aromatic carbocycles. The number of aromatic nitrogens is 1. The number of carbonyl (C=O) groups is 1. The lowest BCUT2D eigenvalue weighted by Crippen LogP contribution is -2.27. The molecule has 19 heavy (non-hydrogen) atoms. The Balaban J connectivity index is 2.02. The zero-order valence-electron chi connectivity index (χ0n) is 9.37. The molecule has 8 heteroatoms. The molecule has 0 unspecified atom stereocenters. The second-order valence-corrected chi connectivity index (χ2v) is 6.36. The average molecular weight is 314 g/mol. The van der Waals surface area contributed by atoms with Crippen molar-refractivity contribution in [1.29, 1.82) is 0 Å². The zero-order chi connectivity index (χ0) is 13.4. The van der Waals surface area contributed by atoms with Crippen LogP contribution >= 0.6 is 34.2 Å². The minimum Gasteiger partial charge on any atom is -0.465 e. The molecule has 0 spiro atoms. The van der Waals surface area contributed by atoms with Crippen molar-refractivity contribution in [2.45, 2.75) is 6.54 Å². The lowest BCUT2D eigenvalue weighted by atomic mass is 10.4. The number of rotatable bonds is 3. The number of nitrogens with zero attached hydrogens (tertiary/aromatic N) is 2. The maximum atomic E-state index is 13.4. The third-order valence-corrected chi connectivity index (χ3v) is 5.32. The van der Waals surface area contributed by atoms with E-state index in [0.29, 0.717) is 9.70 Å². The van der Waals surface area contributed by atoms with Gasteiger partial charge in [-0.25, -0.2) is 9.18 Å². The number of amides is 1. The first-order chi connectivity index (χ1) is 9.16. The van der Waals surface area contributed by atoms with E-state index in [0.717, 1.165) is 16.4 Å². The van der Waals surface area contributed by atoms with E-state index in [1.165, 1.54) is 33.0 Å². The minimum atomic E-state index is -1.06. The van der Waals surface area contributed by atoms with Crippen LogP contribution in [0, 0.1) is 5.82 Å². The van der Waals surface area contributed by atoms with E-state index < -0.39 is 11.9 Å². The molecule has 0 saturated carbocycles. The van der Waals surface area contributed by atoms with Crippen molar-refractivity contribution >= 4 is 55.5 Å². The molecule has 4 nitrogen and oxygen atoms in total. The highest BCUT2D eigenvalue weighted by Crippen LogP contribution is 2.37. The number of hydrogen-bond donors (Lipinski definition) is 1. The zero-order valence-corrected chi connectivity index (χ0v) is 11.8. The summed E-state index contributed by atoms with van der Waals surface area (Å²) in [6.07, 6.45) is -1.06. The summed E-state index contributed by atoms with van der Waals surface area (Å²) < 4.78 is 18.0. The molecule has 0 aliphatic heterocycles. The molecule has 3 heterocycles. The quantitative estimate of drug-likeness (QED) is 0.786. The second kappa shape index (κ2) is 4.87. The van der Waals surface area contributed by atoms with Gasteiger partial charge in [0.15, 0.2) is 5.82 Å². The van der Waals surface area contributed by atoms with Crippen LogP contribution in [0.15, 0.2) is 22.9 Å². The average Bonchev–Trinajstić information content (AvgIpc) is 3.06. The van der Waals surface area contributed by atoms with Gasteiger partial charge in [-0.05, 0) is 23.0 Å². The van der Waals surface area contributed by atoms with Crippen molar-refractivity contribution in [3.05, 3.63) is 33.6 Å². The van der Waals surface area contributed by atoms with Crippen molar-refractivity contribution in [1.82, 2.24) is 4.37 Å². The van der Waals surface area contributed by atoms with Crippen LogP contribution < -0.4 is 4.90 Å². The predicted molar refractivity (Wildman–Crippen MR) is 76.0 cm³/mol. The summed E-state index contributed by atoms with van der Waals surface area (Å²) in [6.45, 7) is 0.254. The number of hydrogen-bond acceptors (Lipinski definition) is 5. The molecular formula is C11H7FN2O2S3. The Labute approximate surface area is 119 Å². The fraction of sp³-hybridized carbons (Fsp3) is 0.0909. The molecule has 0 atom stereocenters. The third kappa shape index (κ3) is 2.22. The van der Waals surface area contributed by atoms with Gasteiger partial charge in [-0.3, -0.25) is 4.90 Å². The maximum absolute atomic E-state index is 13.4. The van der Waals surface area contributed by atoms with Crippen molar-refractivity contribution in [3.8, 4) is 0 Å². The van der Waals surface area contributed by atoms with Crippen LogP contribution in [0.25, 0.3) is 10.2 Å². The van der Waals surface area contributed by atoms with Gasteiger partial charge in [0.1, 0.15) is 10.5 Å².